The number of rotatable bonds is 12. The summed E-state index contributed by atoms with van der Waals surface area (Å²) in [4.78, 5) is 30.3. The van der Waals surface area contributed by atoms with Crippen molar-refractivity contribution in [1.82, 2.24) is 19.9 Å². The second-order valence-corrected chi connectivity index (χ2v) is 19.6. The van der Waals surface area contributed by atoms with Gasteiger partial charge in [-0.15, -0.1) is 5.10 Å². The van der Waals surface area contributed by atoms with E-state index >= 15 is 0 Å². The number of hydrogen-bond acceptors (Lipinski definition) is 16. The van der Waals surface area contributed by atoms with Gasteiger partial charge in [-0.1, -0.05) is 63.2 Å². The summed E-state index contributed by atoms with van der Waals surface area (Å²) in [6, 6.07) is 9.63. The highest BCUT2D eigenvalue weighted by atomic mass is 16.7. The fraction of sp³-hybridized carbons (Fsp3) is 0.787. The molecule has 1 aromatic heterocycles. The Morgan fingerprint density at radius 3 is 2.23 bits per heavy atom. The van der Waals surface area contributed by atoms with Crippen LogP contribution in [0.15, 0.2) is 36.5 Å². The molecular formula is C47H76N4O13. The first-order valence-corrected chi connectivity index (χ1v) is 23.0. The molecular weight excluding hydrogens is 829 g/mol. The van der Waals surface area contributed by atoms with Gasteiger partial charge in [0.2, 0.25) is 0 Å². The molecule has 3 fully saturated rings. The molecule has 17 nitrogen and oxygen atoms in total. The maximum atomic E-state index is 14.3. The van der Waals surface area contributed by atoms with E-state index in [1.165, 1.54) is 33.4 Å². The quantitative estimate of drug-likeness (QED) is 0.193. The number of ketones is 1. The summed E-state index contributed by atoms with van der Waals surface area (Å²) in [5.41, 5.74) is -3.06. The number of aromatic nitrogens is 3. The van der Waals surface area contributed by atoms with Crippen LogP contribution in [0.3, 0.4) is 0 Å². The molecule has 3 aliphatic rings. The van der Waals surface area contributed by atoms with Crippen molar-refractivity contribution in [3.05, 3.63) is 47.8 Å². The molecule has 5 rings (SSSR count). The van der Waals surface area contributed by atoms with Crippen molar-refractivity contribution in [3.63, 3.8) is 0 Å². The maximum absolute atomic E-state index is 14.3. The third-order valence-electron chi connectivity index (χ3n) is 14.2. The van der Waals surface area contributed by atoms with E-state index < -0.39 is 120 Å². The minimum absolute atomic E-state index is 0.0700. The largest absolute Gasteiger partial charge is 0.459 e. The molecule has 3 aliphatic heterocycles. The predicted molar refractivity (Wildman–Crippen MR) is 234 cm³/mol. The van der Waals surface area contributed by atoms with Crippen LogP contribution in [0.4, 0.5) is 0 Å². The highest BCUT2D eigenvalue weighted by molar-refractivity contribution is 5.83. The molecule has 0 aliphatic carbocycles. The number of ether oxygens (including phenoxy) is 6. The SMILES string of the molecule is CC[C@H]1OC(=O)[C@H](C)[C@@H](O[C@H]2C[C@@](C)(OC)[C@@H](O)[C@H](C)O2)[C@H](C)[C@@H](O[C@@H]2O[C@H](C)C[C@H](N(C)Cc3cn(CCc4ccccc4)nn3)[C@H]2O)[C@](C)(O)C[C@@H](C)C(=O)[C@H](C)[C@@H](O)[C@]1(C)O. The molecule has 0 bridgehead atoms. The molecule has 4 heterocycles. The van der Waals surface area contributed by atoms with Crippen molar-refractivity contribution in [2.24, 2.45) is 23.7 Å². The molecule has 3 saturated heterocycles. The third kappa shape index (κ3) is 11.8. The van der Waals surface area contributed by atoms with E-state index in [-0.39, 0.29) is 19.3 Å². The van der Waals surface area contributed by atoms with Crippen LogP contribution in [0.2, 0.25) is 0 Å². The molecule has 2 aromatic rings. The van der Waals surface area contributed by atoms with E-state index in [1.807, 2.05) is 43.3 Å². The number of hydrogen-bond donors (Lipinski definition) is 5. The van der Waals surface area contributed by atoms with E-state index in [2.05, 4.69) is 22.4 Å². The number of benzene rings is 1. The molecule has 1 aromatic carbocycles. The number of methoxy groups -OCH3 is 1. The van der Waals surface area contributed by atoms with Gasteiger partial charge in [0.1, 0.15) is 29.7 Å². The Morgan fingerprint density at radius 2 is 1.59 bits per heavy atom. The molecule has 0 spiro atoms. The van der Waals surface area contributed by atoms with Crippen LogP contribution in [0.1, 0.15) is 106 Å². The van der Waals surface area contributed by atoms with Crippen molar-refractivity contribution in [2.45, 2.75) is 199 Å². The average molecular weight is 905 g/mol. The number of carbonyl (C=O) groups excluding carboxylic acids is 2. The van der Waals surface area contributed by atoms with Crippen LogP contribution in [0.5, 0.6) is 0 Å². The summed E-state index contributed by atoms with van der Waals surface area (Å²) in [6.45, 7) is 17.4. The molecule has 0 saturated carbocycles. The lowest BCUT2D eigenvalue weighted by Crippen LogP contribution is -2.61. The van der Waals surface area contributed by atoms with Crippen LogP contribution >= 0.6 is 0 Å². The monoisotopic (exact) mass is 905 g/mol. The van der Waals surface area contributed by atoms with Crippen molar-refractivity contribution in [1.29, 1.82) is 0 Å². The highest BCUT2D eigenvalue weighted by Gasteiger charge is 2.53. The minimum Gasteiger partial charge on any atom is -0.459 e. The molecule has 17 heteroatoms. The first-order chi connectivity index (χ1) is 29.9. The number of esters is 1. The Hall–Kier alpha value is -2.94. The van der Waals surface area contributed by atoms with Crippen LogP contribution in [0, 0.1) is 23.7 Å². The minimum atomic E-state index is -2.02. The first kappa shape index (κ1) is 52.0. The maximum Gasteiger partial charge on any atom is 0.311 e. The fourth-order valence-corrected chi connectivity index (χ4v) is 10.1. The molecule has 5 N–H and O–H groups in total. The lowest BCUT2D eigenvalue weighted by atomic mass is 9.74. The molecule has 0 radical (unpaired) electrons. The summed E-state index contributed by atoms with van der Waals surface area (Å²) in [6.07, 6.45) is -7.78. The Labute approximate surface area is 378 Å². The Kier molecular flexibility index (Phi) is 17.4. The molecule has 362 valence electrons. The summed E-state index contributed by atoms with van der Waals surface area (Å²) >= 11 is 0. The summed E-state index contributed by atoms with van der Waals surface area (Å²) in [5, 5.41) is 67.7. The third-order valence-corrected chi connectivity index (χ3v) is 14.2. The topological polar surface area (TPSA) is 225 Å². The van der Waals surface area contributed by atoms with Crippen molar-refractivity contribution >= 4 is 11.8 Å². The van der Waals surface area contributed by atoms with Gasteiger partial charge in [0.05, 0.1) is 53.3 Å². The molecule has 0 unspecified atom stereocenters. The van der Waals surface area contributed by atoms with Gasteiger partial charge in [0.25, 0.3) is 0 Å². The van der Waals surface area contributed by atoms with Gasteiger partial charge in [-0.2, -0.15) is 0 Å². The van der Waals surface area contributed by atoms with E-state index in [0.717, 1.165) is 6.42 Å². The zero-order valence-corrected chi connectivity index (χ0v) is 39.9. The summed E-state index contributed by atoms with van der Waals surface area (Å²) < 4.78 is 39.5. The number of aliphatic hydroxyl groups is 5. The van der Waals surface area contributed by atoms with Gasteiger partial charge in [0.15, 0.2) is 12.6 Å². The Balaban J connectivity index is 1.48. The second kappa shape index (κ2) is 21.3. The van der Waals surface area contributed by atoms with Crippen LogP contribution < -0.4 is 0 Å². The second-order valence-electron chi connectivity index (χ2n) is 19.6. The van der Waals surface area contributed by atoms with E-state index in [1.54, 1.807) is 46.2 Å². The number of likely N-dealkylation sites (N-methyl/N-ethyl adjacent to an activating group) is 1. The summed E-state index contributed by atoms with van der Waals surface area (Å²) in [5.74, 6) is -5.18. The lowest BCUT2D eigenvalue weighted by Gasteiger charge is -2.49. The zero-order chi connectivity index (χ0) is 47.5. The van der Waals surface area contributed by atoms with Gasteiger partial charge in [-0.05, 0) is 79.8 Å². The number of aryl methyl sites for hydroxylation is 2. The van der Waals surface area contributed by atoms with Gasteiger partial charge in [0, 0.05) is 56.6 Å². The first-order valence-electron chi connectivity index (χ1n) is 23.0. The fourth-order valence-electron chi connectivity index (χ4n) is 10.1. The van der Waals surface area contributed by atoms with Crippen LogP contribution in [-0.2, 0) is 57.5 Å². The Morgan fingerprint density at radius 1 is 0.922 bits per heavy atom. The van der Waals surface area contributed by atoms with E-state index in [4.69, 9.17) is 28.4 Å². The summed E-state index contributed by atoms with van der Waals surface area (Å²) in [7, 11) is 3.36. The lowest BCUT2D eigenvalue weighted by molar-refractivity contribution is -0.318. The van der Waals surface area contributed by atoms with Gasteiger partial charge < -0.3 is 54.0 Å². The average Bonchev–Trinajstić information content (AvgIpc) is 3.70. The van der Waals surface area contributed by atoms with Gasteiger partial charge in [-0.3, -0.25) is 19.2 Å². The van der Waals surface area contributed by atoms with Crippen LogP contribution in [-0.4, -0.2) is 156 Å². The van der Waals surface area contributed by atoms with Gasteiger partial charge in [-0.25, -0.2) is 0 Å². The zero-order valence-electron chi connectivity index (χ0n) is 39.9. The highest BCUT2D eigenvalue weighted by Crippen LogP contribution is 2.41. The van der Waals surface area contributed by atoms with Crippen molar-refractivity contribution in [2.75, 3.05) is 14.2 Å². The molecule has 18 atom stereocenters. The predicted octanol–water partition coefficient (Wildman–Crippen LogP) is 3.19. The van der Waals surface area contributed by atoms with E-state index in [9.17, 15) is 35.1 Å². The smallest absolute Gasteiger partial charge is 0.311 e. The molecule has 0 amide bonds. The normalized spacial score (nSPS) is 42.0. The van der Waals surface area contributed by atoms with Crippen molar-refractivity contribution in [3.8, 4) is 0 Å². The van der Waals surface area contributed by atoms with E-state index in [0.29, 0.717) is 25.2 Å². The number of cyclic esters (lactones) is 1. The standard InChI is InChI=1S/C47H76N4O13/c1-13-35-47(10,58)40(54)28(4)37(52)26(2)22-45(8,57)42(29(5)39(30(6)43(56)62-35)63-36-23-46(9,59-12)41(55)31(7)61-36)64-44-38(53)34(21-27(3)60-44)50(11)24-33-25-51(49-48-33)20-19-32-17-15-14-16-18-32/h14-18,25-31,34-36,38-42,44,53-55,57-58H,13,19-24H2,1-12H3/t26-,27-,28+,29+,30-,31+,34+,35-,36+,38-,39+,40-,41+,42-,44+,45-,46-,47-/m1/s1. The number of nitrogens with zero attached hydrogens (tertiary/aromatic N) is 4. The number of Topliss-reactive ketones (excluding diaryl/α,β-unsaturated/α-hetero) is 1. The van der Waals surface area contributed by atoms with Crippen molar-refractivity contribution < 1.29 is 63.5 Å². The molecule has 64 heavy (non-hydrogen) atoms. The van der Waals surface area contributed by atoms with Gasteiger partial charge >= 0.3 is 5.97 Å². The number of aliphatic hydroxyl groups excluding tert-OH is 3. The Bertz CT molecular complexity index is 1810. The number of carbonyl (C=O) groups is 2. The van der Waals surface area contributed by atoms with Crippen LogP contribution in [0.25, 0.3) is 0 Å².